The highest BCUT2D eigenvalue weighted by Crippen LogP contribution is 2.42. The molecule has 0 unspecified atom stereocenters. The first-order valence-electron chi connectivity index (χ1n) is 14.3. The number of alkyl halides is 2. The number of aliphatic hydroxyl groups is 1. The first kappa shape index (κ1) is 33.5. The minimum atomic E-state index is -2.64. The third-order valence-electron chi connectivity index (χ3n) is 8.43. The van der Waals surface area contributed by atoms with Crippen molar-refractivity contribution in [2.75, 3.05) is 36.5 Å². The Morgan fingerprint density at radius 1 is 0.933 bits per heavy atom. The number of carbonyl (C=O) groups is 3. The van der Waals surface area contributed by atoms with Crippen LogP contribution in [-0.4, -0.2) is 98.7 Å². The molecule has 0 bridgehead atoms. The van der Waals surface area contributed by atoms with E-state index in [1.807, 2.05) is 18.2 Å². The van der Waals surface area contributed by atoms with Crippen molar-refractivity contribution < 1.29 is 48.3 Å². The van der Waals surface area contributed by atoms with Crippen molar-refractivity contribution in [2.24, 2.45) is 5.41 Å². The van der Waals surface area contributed by atoms with E-state index in [0.29, 0.717) is 36.7 Å². The molecule has 3 aromatic rings. The van der Waals surface area contributed by atoms with E-state index < -0.39 is 5.92 Å². The summed E-state index contributed by atoms with van der Waals surface area (Å²) in [6, 6.07) is 5.50. The van der Waals surface area contributed by atoms with Gasteiger partial charge in [-0.1, -0.05) is 6.07 Å². The molecule has 2 saturated carbocycles. The molecule has 45 heavy (non-hydrogen) atoms. The van der Waals surface area contributed by atoms with Gasteiger partial charge in [0, 0.05) is 55.3 Å². The van der Waals surface area contributed by atoms with Crippen LogP contribution in [0.25, 0.3) is 21.8 Å². The zero-order valence-corrected chi connectivity index (χ0v) is 24.2. The SMILES string of the molecule is O=CO.O=CO.O=CO.O=c1c2cc(N3CC4(COC4)C3)ccc2c2cnc(NC3CC(F)(F)C3)nc2n1C1CCC(O)CC1. The van der Waals surface area contributed by atoms with Crippen LogP contribution in [0.2, 0.25) is 0 Å². The van der Waals surface area contributed by atoms with Gasteiger partial charge in [-0.2, -0.15) is 4.98 Å². The van der Waals surface area contributed by atoms with Crippen LogP contribution in [0.3, 0.4) is 0 Å². The van der Waals surface area contributed by atoms with Crippen LogP contribution in [-0.2, 0) is 19.1 Å². The number of hydrogen-bond acceptors (Lipinski definition) is 10. The number of nitrogens with zero attached hydrogens (tertiary/aromatic N) is 4. The summed E-state index contributed by atoms with van der Waals surface area (Å²) in [6.07, 6.45) is 3.47. The van der Waals surface area contributed by atoms with Crippen LogP contribution in [0, 0.1) is 5.41 Å². The molecule has 7 rings (SSSR count). The number of benzene rings is 1. The largest absolute Gasteiger partial charge is 0.483 e. The van der Waals surface area contributed by atoms with Crippen molar-refractivity contribution in [1.82, 2.24) is 14.5 Å². The van der Waals surface area contributed by atoms with Gasteiger partial charge in [-0.05, 0) is 43.2 Å². The molecule has 2 aliphatic carbocycles. The van der Waals surface area contributed by atoms with E-state index >= 15 is 0 Å². The number of rotatable bonds is 4. The normalized spacial score (nSPS) is 22.4. The van der Waals surface area contributed by atoms with Gasteiger partial charge >= 0.3 is 0 Å². The fourth-order valence-electron chi connectivity index (χ4n) is 6.30. The number of carboxylic acid groups (broad SMARTS) is 3. The second-order valence-electron chi connectivity index (χ2n) is 11.6. The van der Waals surface area contributed by atoms with Crippen LogP contribution in [0.15, 0.2) is 29.2 Å². The molecule has 0 radical (unpaired) electrons. The van der Waals surface area contributed by atoms with Crippen LogP contribution >= 0.6 is 0 Å². The van der Waals surface area contributed by atoms with Gasteiger partial charge < -0.3 is 35.4 Å². The van der Waals surface area contributed by atoms with Gasteiger partial charge in [0.1, 0.15) is 5.65 Å². The van der Waals surface area contributed by atoms with Crippen molar-refractivity contribution in [3.05, 3.63) is 34.7 Å². The van der Waals surface area contributed by atoms with E-state index in [2.05, 4.69) is 20.2 Å². The highest BCUT2D eigenvalue weighted by Gasteiger charge is 2.49. The molecule has 16 heteroatoms. The molecule has 4 aliphatic rings. The minimum Gasteiger partial charge on any atom is -0.483 e. The molecular weight excluding hydrogens is 600 g/mol. The van der Waals surface area contributed by atoms with E-state index in [1.54, 1.807) is 10.8 Å². The first-order chi connectivity index (χ1) is 21.5. The lowest BCUT2D eigenvalue weighted by Gasteiger charge is -2.56. The Kier molecular flexibility index (Phi) is 10.5. The van der Waals surface area contributed by atoms with Gasteiger partial charge in [-0.25, -0.2) is 13.8 Å². The second kappa shape index (κ2) is 14.1. The monoisotopic (exact) mass is 635 g/mol. The number of fused-ring (bicyclic) bond motifs is 3. The predicted octanol–water partition coefficient (Wildman–Crippen LogP) is 2.57. The van der Waals surface area contributed by atoms with Crippen molar-refractivity contribution in [1.29, 1.82) is 0 Å². The minimum absolute atomic E-state index is 0.0911. The number of aromatic nitrogens is 3. The van der Waals surface area contributed by atoms with Crippen LogP contribution in [0.4, 0.5) is 20.4 Å². The Morgan fingerprint density at radius 2 is 1.53 bits per heavy atom. The molecule has 1 aromatic carbocycles. The number of ether oxygens (including phenoxy) is 1. The smallest absolute Gasteiger partial charge is 0.290 e. The highest BCUT2D eigenvalue weighted by molar-refractivity contribution is 6.05. The molecule has 244 valence electrons. The standard InChI is InChI=1S/C26H29F2N5O3.3CH2O2/c27-26(28)8-15(9-26)30-24-29-10-21-19-6-3-17(32-11-25(12-32)13-36-14-25)7-20(19)23(35)33(22(21)31-24)16-1-4-18(34)5-2-16;3*2-1-3/h3,6-7,10,15-16,18,34H,1-2,4-5,8-9,11-14H2,(H,29,30,31);3*1H,(H,2,3). The summed E-state index contributed by atoms with van der Waals surface area (Å²) in [6.45, 7) is 2.71. The molecule has 4 heterocycles. The molecule has 1 spiro atoms. The Labute approximate surface area is 255 Å². The van der Waals surface area contributed by atoms with E-state index in [0.717, 1.165) is 42.8 Å². The molecular formula is C29H35F2N5O9. The molecule has 0 amide bonds. The average molecular weight is 636 g/mol. The fourth-order valence-corrected chi connectivity index (χ4v) is 6.30. The summed E-state index contributed by atoms with van der Waals surface area (Å²) in [5, 5.41) is 35.9. The Bertz CT molecular complexity index is 1550. The lowest BCUT2D eigenvalue weighted by atomic mass is 9.77. The number of anilines is 2. The van der Waals surface area contributed by atoms with Gasteiger partial charge in [0.15, 0.2) is 0 Å². The maximum atomic E-state index is 14.0. The zero-order chi connectivity index (χ0) is 32.8. The topological polar surface area (TPSA) is 204 Å². The maximum absolute atomic E-state index is 14.0. The third-order valence-corrected chi connectivity index (χ3v) is 8.43. The molecule has 14 nitrogen and oxygen atoms in total. The van der Waals surface area contributed by atoms with Crippen LogP contribution < -0.4 is 15.8 Å². The summed E-state index contributed by atoms with van der Waals surface area (Å²) in [5.74, 6) is -2.38. The molecule has 2 aromatic heterocycles. The van der Waals surface area contributed by atoms with Crippen molar-refractivity contribution in [3.63, 3.8) is 0 Å². The van der Waals surface area contributed by atoms with Gasteiger partial charge in [-0.3, -0.25) is 23.7 Å². The molecule has 4 fully saturated rings. The van der Waals surface area contributed by atoms with E-state index in [9.17, 15) is 18.7 Å². The Hall–Kier alpha value is -4.44. The summed E-state index contributed by atoms with van der Waals surface area (Å²) < 4.78 is 33.8. The van der Waals surface area contributed by atoms with Crippen LogP contribution in [0.1, 0.15) is 44.6 Å². The average Bonchev–Trinajstić information content (AvgIpc) is 2.93. The molecule has 2 aliphatic heterocycles. The number of aliphatic hydroxyl groups excluding tert-OH is 1. The van der Waals surface area contributed by atoms with E-state index in [-0.39, 0.29) is 67.4 Å². The van der Waals surface area contributed by atoms with Gasteiger partial charge in [0.05, 0.1) is 30.1 Å². The summed E-state index contributed by atoms with van der Waals surface area (Å²) in [7, 11) is 0. The molecule has 2 saturated heterocycles. The summed E-state index contributed by atoms with van der Waals surface area (Å²) in [5.41, 5.74) is 1.69. The number of pyridine rings is 1. The van der Waals surface area contributed by atoms with Crippen molar-refractivity contribution in [3.8, 4) is 0 Å². The zero-order valence-electron chi connectivity index (χ0n) is 24.2. The number of nitrogens with one attached hydrogen (secondary N) is 1. The predicted molar refractivity (Wildman–Crippen MR) is 158 cm³/mol. The van der Waals surface area contributed by atoms with E-state index in [1.165, 1.54) is 0 Å². The third kappa shape index (κ3) is 7.28. The highest BCUT2D eigenvalue weighted by atomic mass is 19.3. The molecule has 5 N–H and O–H groups in total. The maximum Gasteiger partial charge on any atom is 0.290 e. The van der Waals surface area contributed by atoms with Crippen molar-refractivity contribution in [2.45, 2.75) is 62.6 Å². The quantitative estimate of drug-likeness (QED) is 0.207. The second-order valence-corrected chi connectivity index (χ2v) is 11.6. The van der Waals surface area contributed by atoms with Gasteiger partial charge in [0.25, 0.3) is 30.9 Å². The Balaban J connectivity index is 0.000000462. The summed E-state index contributed by atoms with van der Waals surface area (Å²) >= 11 is 0. The fraction of sp³-hybridized carbons (Fsp3) is 0.517. The molecule has 0 atom stereocenters. The number of hydrogen-bond donors (Lipinski definition) is 5. The first-order valence-corrected chi connectivity index (χ1v) is 14.3. The number of halogens is 2. The van der Waals surface area contributed by atoms with Gasteiger partial charge in [0.2, 0.25) is 5.95 Å². The van der Waals surface area contributed by atoms with Crippen molar-refractivity contribution >= 4 is 52.9 Å². The van der Waals surface area contributed by atoms with Gasteiger partial charge in [-0.15, -0.1) is 0 Å². The Morgan fingerprint density at radius 3 is 2.07 bits per heavy atom. The lowest BCUT2D eigenvalue weighted by molar-refractivity contribution is -0.127. The summed E-state index contributed by atoms with van der Waals surface area (Å²) in [4.78, 5) is 50.4. The van der Waals surface area contributed by atoms with E-state index in [4.69, 9.17) is 34.4 Å². The van der Waals surface area contributed by atoms with Crippen LogP contribution in [0.5, 0.6) is 0 Å². The lowest BCUT2D eigenvalue weighted by Crippen LogP contribution is -2.66.